The summed E-state index contributed by atoms with van der Waals surface area (Å²) in [6.45, 7) is 1.49. The molecule has 2 rings (SSSR count). The van der Waals surface area contributed by atoms with Crippen LogP contribution in [0.2, 0.25) is 0 Å². The van der Waals surface area contributed by atoms with E-state index >= 15 is 0 Å². The molecule has 1 aliphatic rings. The average Bonchev–Trinajstić information content (AvgIpc) is 2.43. The molecule has 1 atom stereocenters. The van der Waals surface area contributed by atoms with Crippen LogP contribution < -0.4 is 5.69 Å². The Morgan fingerprint density at radius 3 is 2.80 bits per heavy atom. The van der Waals surface area contributed by atoms with E-state index in [0.717, 1.165) is 19.3 Å². The molecule has 1 aromatic rings. The van der Waals surface area contributed by atoms with Crippen molar-refractivity contribution in [3.8, 4) is 0 Å². The lowest BCUT2D eigenvalue weighted by Gasteiger charge is -2.25. The van der Waals surface area contributed by atoms with E-state index in [1.54, 1.807) is 0 Å². The summed E-state index contributed by atoms with van der Waals surface area (Å²) in [6, 6.07) is -0.855. The highest BCUT2D eigenvalue weighted by molar-refractivity contribution is 5.71. The van der Waals surface area contributed by atoms with Gasteiger partial charge in [-0.3, -0.25) is 4.57 Å². The van der Waals surface area contributed by atoms with Crippen molar-refractivity contribution in [1.82, 2.24) is 14.8 Å². The maximum Gasteiger partial charge on any atom is 0.344 e. The van der Waals surface area contributed by atoms with Gasteiger partial charge in [-0.25, -0.2) is 14.7 Å². The van der Waals surface area contributed by atoms with Crippen LogP contribution in [-0.2, 0) is 4.79 Å². The monoisotopic (exact) mass is 211 g/mol. The van der Waals surface area contributed by atoms with Crippen LogP contribution in [0.4, 0.5) is 0 Å². The zero-order chi connectivity index (χ0) is 11.0. The first-order chi connectivity index (χ1) is 7.11. The Labute approximate surface area is 85.9 Å². The number of carbonyl (C=O) groups is 1. The molecule has 0 bridgehead atoms. The standard InChI is InChI=1S/C9H13N3O3/c1-5(8(13)14)12-7(6-3-2-4-6)10-11-9(12)15/h5-6H,2-4H2,1H3,(H,11,15)(H,13,14). The van der Waals surface area contributed by atoms with Gasteiger partial charge in [-0.05, 0) is 19.8 Å². The molecule has 0 radical (unpaired) electrons. The Bertz CT molecular complexity index is 430. The predicted molar refractivity (Wildman–Crippen MR) is 51.8 cm³/mol. The van der Waals surface area contributed by atoms with Crippen LogP contribution in [0.25, 0.3) is 0 Å². The molecular weight excluding hydrogens is 198 g/mol. The van der Waals surface area contributed by atoms with Crippen molar-refractivity contribution in [2.45, 2.75) is 38.1 Å². The van der Waals surface area contributed by atoms with Crippen molar-refractivity contribution < 1.29 is 9.90 Å². The number of aliphatic carboxylic acids is 1. The zero-order valence-corrected chi connectivity index (χ0v) is 8.43. The highest BCUT2D eigenvalue weighted by atomic mass is 16.4. The molecule has 1 aliphatic carbocycles. The van der Waals surface area contributed by atoms with E-state index < -0.39 is 17.7 Å². The largest absolute Gasteiger partial charge is 0.480 e. The van der Waals surface area contributed by atoms with Gasteiger partial charge in [0.15, 0.2) is 0 Å². The van der Waals surface area contributed by atoms with Crippen molar-refractivity contribution in [2.75, 3.05) is 0 Å². The molecule has 2 N–H and O–H groups in total. The number of carboxylic acids is 1. The van der Waals surface area contributed by atoms with Crippen LogP contribution in [0.15, 0.2) is 4.79 Å². The summed E-state index contributed by atoms with van der Waals surface area (Å²) in [5, 5.41) is 15.1. The second kappa shape index (κ2) is 3.52. The number of H-pyrrole nitrogens is 1. The minimum atomic E-state index is -1.01. The molecular formula is C9H13N3O3. The lowest BCUT2D eigenvalue weighted by atomic mass is 9.84. The fourth-order valence-electron chi connectivity index (χ4n) is 1.76. The van der Waals surface area contributed by atoms with Gasteiger partial charge in [-0.1, -0.05) is 6.42 Å². The van der Waals surface area contributed by atoms with Gasteiger partial charge in [-0.15, -0.1) is 0 Å². The summed E-state index contributed by atoms with van der Waals surface area (Å²) in [7, 11) is 0. The highest BCUT2D eigenvalue weighted by Gasteiger charge is 2.29. The molecule has 1 heterocycles. The zero-order valence-electron chi connectivity index (χ0n) is 8.43. The maximum absolute atomic E-state index is 11.4. The summed E-state index contributed by atoms with van der Waals surface area (Å²) in [4.78, 5) is 22.2. The number of hydrogen-bond donors (Lipinski definition) is 2. The van der Waals surface area contributed by atoms with Crippen molar-refractivity contribution in [1.29, 1.82) is 0 Å². The molecule has 0 aromatic carbocycles. The average molecular weight is 211 g/mol. The van der Waals surface area contributed by atoms with Crippen molar-refractivity contribution >= 4 is 5.97 Å². The van der Waals surface area contributed by atoms with Crippen LogP contribution in [0.1, 0.15) is 44.0 Å². The van der Waals surface area contributed by atoms with Gasteiger partial charge < -0.3 is 5.11 Å². The van der Waals surface area contributed by atoms with Gasteiger partial charge in [0.05, 0.1) is 0 Å². The predicted octanol–water partition coefficient (Wildman–Crippen LogP) is 0.485. The molecule has 6 heteroatoms. The van der Waals surface area contributed by atoms with E-state index in [1.807, 2.05) is 0 Å². The van der Waals surface area contributed by atoms with E-state index in [4.69, 9.17) is 5.11 Å². The molecule has 82 valence electrons. The second-order valence-corrected chi connectivity index (χ2v) is 3.90. The molecule has 0 spiro atoms. The summed E-state index contributed by atoms with van der Waals surface area (Å²) >= 11 is 0. The van der Waals surface area contributed by atoms with Gasteiger partial charge in [-0.2, -0.15) is 5.10 Å². The molecule has 15 heavy (non-hydrogen) atoms. The number of carboxylic acid groups (broad SMARTS) is 1. The Balaban J connectivity index is 2.39. The third-order valence-corrected chi connectivity index (χ3v) is 2.95. The number of nitrogens with zero attached hydrogens (tertiary/aromatic N) is 2. The molecule has 0 saturated heterocycles. The number of rotatable bonds is 3. The Morgan fingerprint density at radius 2 is 2.33 bits per heavy atom. The van der Waals surface area contributed by atoms with E-state index in [2.05, 4.69) is 10.2 Å². The summed E-state index contributed by atoms with van der Waals surface area (Å²) in [6.07, 6.45) is 3.08. The van der Waals surface area contributed by atoms with Gasteiger partial charge in [0.1, 0.15) is 11.9 Å². The van der Waals surface area contributed by atoms with Gasteiger partial charge >= 0.3 is 11.7 Å². The molecule has 1 aromatic heterocycles. The topological polar surface area (TPSA) is 88.0 Å². The third kappa shape index (κ3) is 1.55. The molecule has 1 unspecified atom stereocenters. The minimum absolute atomic E-state index is 0.241. The molecule has 1 saturated carbocycles. The lowest BCUT2D eigenvalue weighted by Crippen LogP contribution is -2.29. The van der Waals surface area contributed by atoms with Crippen LogP contribution in [0, 0.1) is 0 Å². The van der Waals surface area contributed by atoms with Crippen LogP contribution in [0.5, 0.6) is 0 Å². The normalized spacial score (nSPS) is 18.5. The van der Waals surface area contributed by atoms with E-state index in [-0.39, 0.29) is 5.92 Å². The smallest absolute Gasteiger partial charge is 0.344 e. The third-order valence-electron chi connectivity index (χ3n) is 2.95. The van der Waals surface area contributed by atoms with Gasteiger partial charge in [0, 0.05) is 5.92 Å². The van der Waals surface area contributed by atoms with Crippen molar-refractivity contribution in [3.05, 3.63) is 16.3 Å². The van der Waals surface area contributed by atoms with E-state index in [9.17, 15) is 9.59 Å². The Kier molecular flexibility index (Phi) is 2.34. The van der Waals surface area contributed by atoms with Crippen LogP contribution >= 0.6 is 0 Å². The summed E-state index contributed by atoms with van der Waals surface area (Å²) in [5.41, 5.74) is -0.438. The van der Waals surface area contributed by atoms with E-state index in [1.165, 1.54) is 11.5 Å². The first kappa shape index (κ1) is 9.95. The Morgan fingerprint density at radius 1 is 1.67 bits per heavy atom. The molecule has 1 fully saturated rings. The molecule has 0 aliphatic heterocycles. The Hall–Kier alpha value is -1.59. The SMILES string of the molecule is CC(C(=O)O)n1c(C2CCC2)n[nH]c1=O. The molecule has 0 amide bonds. The molecule has 6 nitrogen and oxygen atoms in total. The number of hydrogen-bond acceptors (Lipinski definition) is 3. The van der Waals surface area contributed by atoms with Crippen molar-refractivity contribution in [3.63, 3.8) is 0 Å². The highest BCUT2D eigenvalue weighted by Crippen LogP contribution is 2.35. The van der Waals surface area contributed by atoms with Crippen LogP contribution in [-0.4, -0.2) is 25.8 Å². The van der Waals surface area contributed by atoms with Gasteiger partial charge in [0.2, 0.25) is 0 Å². The fourth-order valence-corrected chi connectivity index (χ4v) is 1.76. The summed E-state index contributed by atoms with van der Waals surface area (Å²) in [5.74, 6) is -0.189. The first-order valence-corrected chi connectivity index (χ1v) is 5.01. The maximum atomic E-state index is 11.4. The van der Waals surface area contributed by atoms with Crippen LogP contribution in [0.3, 0.4) is 0 Å². The minimum Gasteiger partial charge on any atom is -0.480 e. The summed E-state index contributed by atoms with van der Waals surface area (Å²) < 4.78 is 1.24. The van der Waals surface area contributed by atoms with Crippen molar-refractivity contribution in [2.24, 2.45) is 0 Å². The van der Waals surface area contributed by atoms with E-state index in [0.29, 0.717) is 5.82 Å². The first-order valence-electron chi connectivity index (χ1n) is 5.01. The number of aromatic nitrogens is 3. The van der Waals surface area contributed by atoms with Gasteiger partial charge in [0.25, 0.3) is 0 Å². The lowest BCUT2D eigenvalue weighted by molar-refractivity contribution is -0.140. The second-order valence-electron chi connectivity index (χ2n) is 3.90. The number of nitrogens with one attached hydrogen (secondary N) is 1. The quantitative estimate of drug-likeness (QED) is 0.761. The number of aromatic amines is 1. The fraction of sp³-hybridized carbons (Fsp3) is 0.667.